The van der Waals surface area contributed by atoms with Crippen LogP contribution in [0.15, 0.2) is 105 Å². The van der Waals surface area contributed by atoms with Crippen molar-refractivity contribution in [3.05, 3.63) is 123 Å². The fourth-order valence-corrected chi connectivity index (χ4v) is 3.80. The van der Waals surface area contributed by atoms with Crippen LogP contribution in [0.4, 0.5) is 25.2 Å². The molecule has 2 aliphatic carbocycles. The number of hydrogen-bond donors (Lipinski definition) is 0. The van der Waals surface area contributed by atoms with Crippen molar-refractivity contribution in [3.63, 3.8) is 0 Å². The molecule has 2 aliphatic heterocycles. The molecule has 4 nitrogen and oxygen atoms in total. The van der Waals surface area contributed by atoms with E-state index in [2.05, 4.69) is 0 Å². The summed E-state index contributed by atoms with van der Waals surface area (Å²) in [6.07, 6.45) is 9.00. The Morgan fingerprint density at radius 3 is 2.16 bits per heavy atom. The number of carbonyl (C=O) groups is 1. The first kappa shape index (κ1) is 26.3. The first-order valence-corrected chi connectivity index (χ1v) is 12.7. The summed E-state index contributed by atoms with van der Waals surface area (Å²) in [6.45, 7) is 0. The molecular formula is C25H14ClF6O4P. The van der Waals surface area contributed by atoms with Gasteiger partial charge in [0.1, 0.15) is 5.76 Å². The van der Waals surface area contributed by atoms with Gasteiger partial charge in [-0.1, -0.05) is 66.2 Å². The molecule has 1 aromatic carbocycles. The first-order valence-electron chi connectivity index (χ1n) is 10.3. The summed E-state index contributed by atoms with van der Waals surface area (Å²) in [6, 6.07) is 16.0. The minimum atomic E-state index is -10.7. The van der Waals surface area contributed by atoms with Gasteiger partial charge in [0.15, 0.2) is 5.57 Å². The van der Waals surface area contributed by atoms with Crippen LogP contribution in [0.1, 0.15) is 11.1 Å². The third-order valence-corrected chi connectivity index (χ3v) is 5.23. The van der Waals surface area contributed by atoms with Crippen molar-refractivity contribution in [1.82, 2.24) is 0 Å². The molecule has 1 aromatic rings. The number of carbonyl (C=O) groups excluding carboxylic acids is 2. The van der Waals surface area contributed by atoms with Gasteiger partial charge in [0.25, 0.3) is 5.78 Å². The molecule has 12 heteroatoms. The minimum absolute atomic E-state index is 0.315. The monoisotopic (exact) mass is 558 g/mol. The van der Waals surface area contributed by atoms with Crippen LogP contribution in [-0.2, 0) is 9.22 Å². The Bertz CT molecular complexity index is 1580. The quantitative estimate of drug-likeness (QED) is 0.138. The molecule has 0 aromatic heterocycles. The van der Waals surface area contributed by atoms with Crippen molar-refractivity contribution >= 4 is 36.7 Å². The van der Waals surface area contributed by atoms with Gasteiger partial charge < -0.3 is 4.42 Å². The zero-order valence-electron chi connectivity index (χ0n) is 18.3. The molecule has 0 amide bonds. The van der Waals surface area contributed by atoms with E-state index in [0.717, 1.165) is 0 Å². The van der Waals surface area contributed by atoms with E-state index >= 15 is 0 Å². The van der Waals surface area contributed by atoms with Crippen LogP contribution < -0.4 is 5.63 Å². The molecule has 0 spiro atoms. The molecule has 0 saturated heterocycles. The minimum Gasteiger partial charge on any atom is -0.422 e. The Kier molecular flexibility index (Phi) is 6.17. The number of allylic oxidation sites excluding steroid dienone is 5. The topological polar surface area (TPSA) is 58.6 Å². The maximum absolute atomic E-state index is 13.0. The number of furan rings is 1. The third kappa shape index (κ3) is 6.72. The fraction of sp³-hybridized carbons (Fsp3) is 0. The van der Waals surface area contributed by atoms with Gasteiger partial charge in [-0.2, -0.15) is 0 Å². The molecule has 0 radical (unpaired) electrons. The zero-order valence-corrected chi connectivity index (χ0v) is 20.0. The van der Waals surface area contributed by atoms with Crippen LogP contribution in [0.5, 0.6) is 0 Å². The Balaban J connectivity index is 0.000000405. The molecule has 5 rings (SSSR count). The van der Waals surface area contributed by atoms with E-state index in [1.54, 1.807) is 60.7 Å². The van der Waals surface area contributed by atoms with Gasteiger partial charge in [-0.05, 0) is 29.8 Å². The fourth-order valence-electron chi connectivity index (χ4n) is 3.68. The maximum atomic E-state index is 13.0. The molecule has 37 heavy (non-hydrogen) atoms. The van der Waals surface area contributed by atoms with Gasteiger partial charge in [-0.25, -0.2) is 4.79 Å². The van der Waals surface area contributed by atoms with Crippen LogP contribution in [0.25, 0.3) is 16.9 Å². The number of benzene rings is 1. The van der Waals surface area contributed by atoms with E-state index in [4.69, 9.17) is 20.4 Å². The van der Waals surface area contributed by atoms with E-state index in [1.807, 2.05) is 24.3 Å². The summed E-state index contributed by atoms with van der Waals surface area (Å²) in [5, 5.41) is 0.551. The number of hydrogen-bond acceptors (Lipinski definition) is 3. The Morgan fingerprint density at radius 2 is 1.49 bits per heavy atom. The predicted molar refractivity (Wildman–Crippen MR) is 129 cm³/mol. The number of halogens is 7. The summed E-state index contributed by atoms with van der Waals surface area (Å²) in [5.41, 5.74) is 2.46. The summed E-state index contributed by atoms with van der Waals surface area (Å²) in [4.78, 5) is 26.0. The number of rotatable bonds is 2. The summed E-state index contributed by atoms with van der Waals surface area (Å²) in [5.74, 6) is 0.366. The standard InChI is InChI=1S/C25H14ClO4.F6P/c26-16-13-11-15(12-14-16)21(22-17-7-3-1-5-9-19(17)29-24(22)27)23-18-8-4-2-6-10-20(18)30-25(23)28;1-7(2,3,4,5)6/h1-14H;/q+1;-1. The second kappa shape index (κ2) is 8.68. The molecule has 0 atom stereocenters. The summed E-state index contributed by atoms with van der Waals surface area (Å²) >= 11 is 6.08. The Morgan fingerprint density at radius 1 is 0.838 bits per heavy atom. The van der Waals surface area contributed by atoms with Gasteiger partial charge >= 0.3 is 44.6 Å². The van der Waals surface area contributed by atoms with Crippen molar-refractivity contribution in [1.29, 1.82) is 0 Å². The van der Waals surface area contributed by atoms with Crippen LogP contribution in [0.2, 0.25) is 5.02 Å². The SMILES string of the molecule is F[P-](F)(F)(F)(F)F.O=C1[O+]=C2C=CC=CC=C2/C1=C(/c1ccc(Cl)cc1)c1c2cccccc-2oc1=O. The van der Waals surface area contributed by atoms with Crippen LogP contribution in [-0.4, -0.2) is 11.8 Å². The third-order valence-electron chi connectivity index (χ3n) is 4.98. The van der Waals surface area contributed by atoms with Crippen LogP contribution in [0.3, 0.4) is 0 Å². The Labute approximate surface area is 209 Å². The van der Waals surface area contributed by atoms with E-state index in [-0.39, 0.29) is 0 Å². The van der Waals surface area contributed by atoms with E-state index in [9.17, 15) is 34.8 Å². The Hall–Kier alpha value is -3.75. The zero-order chi connectivity index (χ0) is 27.1. The normalized spacial score (nSPS) is 18.1. The number of ketones is 1. The largest absolute Gasteiger partial charge is 0.615 e. The van der Waals surface area contributed by atoms with Gasteiger partial charge in [0, 0.05) is 22.2 Å². The van der Waals surface area contributed by atoms with E-state index < -0.39 is 19.4 Å². The van der Waals surface area contributed by atoms with Crippen molar-refractivity contribution in [2.45, 2.75) is 0 Å². The second-order valence-electron chi connectivity index (χ2n) is 7.75. The molecule has 4 aliphatic rings. The predicted octanol–water partition coefficient (Wildman–Crippen LogP) is 8.28. The molecule has 0 bridgehead atoms. The summed E-state index contributed by atoms with van der Waals surface area (Å²) < 4.78 is 70.2. The second-order valence-corrected chi connectivity index (χ2v) is 10.1. The van der Waals surface area contributed by atoms with Gasteiger partial charge in [-0.3, -0.25) is 4.42 Å². The van der Waals surface area contributed by atoms with E-state index in [0.29, 0.717) is 50.0 Å². The summed E-state index contributed by atoms with van der Waals surface area (Å²) in [7, 11) is -10.7. The van der Waals surface area contributed by atoms with Gasteiger partial charge in [0.2, 0.25) is 0 Å². The van der Waals surface area contributed by atoms with E-state index in [1.165, 1.54) is 0 Å². The molecule has 2 heterocycles. The molecule has 0 unspecified atom stereocenters. The van der Waals surface area contributed by atoms with Gasteiger partial charge in [-0.15, -0.1) is 0 Å². The average molecular weight is 559 g/mol. The smallest absolute Gasteiger partial charge is 0.422 e. The molecule has 0 saturated carbocycles. The first-order chi connectivity index (χ1) is 17.1. The molecule has 0 fully saturated rings. The van der Waals surface area contributed by atoms with Crippen LogP contribution in [0, 0.1) is 0 Å². The number of fused-ring (bicyclic) bond motifs is 2. The van der Waals surface area contributed by atoms with Crippen molar-refractivity contribution in [2.24, 2.45) is 0 Å². The maximum Gasteiger partial charge on any atom is 0.615 e. The van der Waals surface area contributed by atoms with Crippen molar-refractivity contribution < 1.29 is 38.8 Å². The van der Waals surface area contributed by atoms with Crippen molar-refractivity contribution in [3.8, 4) is 11.3 Å². The molecule has 0 N–H and O–H groups in total. The average Bonchev–Trinajstić information content (AvgIpc) is 3.01. The molecule has 192 valence electrons. The van der Waals surface area contributed by atoms with Gasteiger partial charge in [0.05, 0.1) is 15.9 Å². The molecular weight excluding hydrogens is 545 g/mol. The van der Waals surface area contributed by atoms with Crippen LogP contribution >= 0.6 is 19.4 Å². The van der Waals surface area contributed by atoms with Crippen molar-refractivity contribution in [2.75, 3.05) is 0 Å².